The molecular weight excluding hydrogens is 376 g/mol. The van der Waals surface area contributed by atoms with Crippen LogP contribution in [0.5, 0.6) is 5.75 Å². The van der Waals surface area contributed by atoms with Crippen LogP contribution in [0.15, 0.2) is 48.5 Å². The molecule has 5 heteroatoms. The van der Waals surface area contributed by atoms with Gasteiger partial charge in [-0.25, -0.2) is 0 Å². The second-order valence-corrected chi connectivity index (χ2v) is 9.01. The number of piperidine rings is 1. The zero-order valence-corrected chi connectivity index (χ0v) is 18.4. The highest BCUT2D eigenvalue weighted by molar-refractivity contribution is 5.95. The number of nitrogens with one attached hydrogen (secondary N) is 1. The molecule has 0 atom stereocenters. The fourth-order valence-electron chi connectivity index (χ4n) is 3.65. The Morgan fingerprint density at radius 3 is 2.27 bits per heavy atom. The van der Waals surface area contributed by atoms with Gasteiger partial charge < -0.3 is 15.0 Å². The molecule has 1 aliphatic rings. The van der Waals surface area contributed by atoms with E-state index in [1.807, 2.05) is 60.4 Å². The average molecular weight is 409 g/mol. The van der Waals surface area contributed by atoms with Crippen LogP contribution in [0.25, 0.3) is 0 Å². The molecule has 1 heterocycles. The summed E-state index contributed by atoms with van der Waals surface area (Å²) in [6, 6.07) is 15.6. The lowest BCUT2D eigenvalue weighted by atomic mass is 9.87. The molecule has 2 aromatic carbocycles. The SMILES string of the molecule is Cc1ccccc1C(=O)NC1CCN(C(=O)COc2ccc(C(C)(C)C)cc2)CC1. The standard InChI is InChI=1S/C25H32N2O3/c1-18-7-5-6-8-22(18)24(29)26-20-13-15-27(16-14-20)23(28)17-30-21-11-9-19(10-12-21)25(2,3)4/h5-12,20H,13-17H2,1-4H3,(H,26,29). The normalized spacial score (nSPS) is 15.0. The number of rotatable bonds is 5. The molecule has 0 radical (unpaired) electrons. The smallest absolute Gasteiger partial charge is 0.260 e. The maximum atomic E-state index is 12.5. The molecule has 0 aromatic heterocycles. The summed E-state index contributed by atoms with van der Waals surface area (Å²) < 4.78 is 5.69. The van der Waals surface area contributed by atoms with Crippen LogP contribution in [-0.2, 0) is 10.2 Å². The Morgan fingerprint density at radius 2 is 1.67 bits per heavy atom. The van der Waals surface area contributed by atoms with E-state index in [-0.39, 0.29) is 29.9 Å². The number of hydrogen-bond donors (Lipinski definition) is 1. The number of hydrogen-bond acceptors (Lipinski definition) is 3. The molecular formula is C25H32N2O3. The number of ether oxygens (including phenoxy) is 1. The molecule has 1 fully saturated rings. The molecule has 0 spiro atoms. The van der Waals surface area contributed by atoms with E-state index in [1.165, 1.54) is 5.56 Å². The summed E-state index contributed by atoms with van der Waals surface area (Å²) in [6.07, 6.45) is 1.51. The van der Waals surface area contributed by atoms with Crippen LogP contribution in [0.1, 0.15) is 55.1 Å². The maximum absolute atomic E-state index is 12.5. The first-order valence-corrected chi connectivity index (χ1v) is 10.6. The van der Waals surface area contributed by atoms with Crippen LogP contribution in [-0.4, -0.2) is 42.5 Å². The first-order valence-electron chi connectivity index (χ1n) is 10.6. The van der Waals surface area contributed by atoms with Gasteiger partial charge in [0.15, 0.2) is 6.61 Å². The Labute approximate surface area is 179 Å². The third kappa shape index (κ3) is 5.62. The average Bonchev–Trinajstić information content (AvgIpc) is 2.72. The van der Waals surface area contributed by atoms with Crippen molar-refractivity contribution in [3.8, 4) is 5.75 Å². The fourth-order valence-corrected chi connectivity index (χ4v) is 3.65. The Kier molecular flexibility index (Phi) is 6.80. The van der Waals surface area contributed by atoms with Crippen molar-refractivity contribution in [2.24, 2.45) is 0 Å². The van der Waals surface area contributed by atoms with Gasteiger partial charge in [0.1, 0.15) is 5.75 Å². The number of carbonyl (C=O) groups is 2. The summed E-state index contributed by atoms with van der Waals surface area (Å²) in [7, 11) is 0. The molecule has 160 valence electrons. The predicted octanol–water partition coefficient (Wildman–Crippen LogP) is 4.09. The van der Waals surface area contributed by atoms with Crippen molar-refractivity contribution in [3.63, 3.8) is 0 Å². The topological polar surface area (TPSA) is 58.6 Å². The Morgan fingerprint density at radius 1 is 1.03 bits per heavy atom. The monoisotopic (exact) mass is 408 g/mol. The van der Waals surface area contributed by atoms with Crippen molar-refractivity contribution >= 4 is 11.8 Å². The molecule has 2 amide bonds. The van der Waals surface area contributed by atoms with Crippen molar-refractivity contribution in [1.29, 1.82) is 0 Å². The minimum atomic E-state index is -0.0417. The molecule has 30 heavy (non-hydrogen) atoms. The summed E-state index contributed by atoms with van der Waals surface area (Å²) >= 11 is 0. The second-order valence-electron chi connectivity index (χ2n) is 9.01. The molecule has 1 saturated heterocycles. The van der Waals surface area contributed by atoms with Crippen molar-refractivity contribution in [2.75, 3.05) is 19.7 Å². The third-order valence-electron chi connectivity index (χ3n) is 5.66. The van der Waals surface area contributed by atoms with Gasteiger partial charge in [0.05, 0.1) is 0 Å². The largest absolute Gasteiger partial charge is 0.484 e. The van der Waals surface area contributed by atoms with Crippen molar-refractivity contribution in [1.82, 2.24) is 10.2 Å². The van der Waals surface area contributed by atoms with Crippen LogP contribution in [0.2, 0.25) is 0 Å². The molecule has 5 nitrogen and oxygen atoms in total. The van der Waals surface area contributed by atoms with E-state index in [1.54, 1.807) is 0 Å². The number of amides is 2. The summed E-state index contributed by atoms with van der Waals surface area (Å²) in [4.78, 5) is 26.8. The van der Waals surface area contributed by atoms with Gasteiger partial charge in [0, 0.05) is 24.7 Å². The Bertz CT molecular complexity index is 876. The highest BCUT2D eigenvalue weighted by Gasteiger charge is 2.24. The van der Waals surface area contributed by atoms with E-state index in [4.69, 9.17) is 4.74 Å². The van der Waals surface area contributed by atoms with Crippen LogP contribution < -0.4 is 10.1 Å². The lowest BCUT2D eigenvalue weighted by Gasteiger charge is -2.32. The summed E-state index contributed by atoms with van der Waals surface area (Å²) in [5.41, 5.74) is 3.00. The highest BCUT2D eigenvalue weighted by atomic mass is 16.5. The third-order valence-corrected chi connectivity index (χ3v) is 5.66. The van der Waals surface area contributed by atoms with Gasteiger partial charge in [-0.05, 0) is 54.5 Å². The first-order chi connectivity index (χ1) is 14.2. The van der Waals surface area contributed by atoms with Gasteiger partial charge in [0.25, 0.3) is 11.8 Å². The number of benzene rings is 2. The summed E-state index contributed by atoms with van der Waals surface area (Å²) in [5.74, 6) is 0.648. The number of carbonyl (C=O) groups excluding carboxylic acids is 2. The molecule has 0 saturated carbocycles. The quantitative estimate of drug-likeness (QED) is 0.811. The lowest BCUT2D eigenvalue weighted by Crippen LogP contribution is -2.47. The zero-order chi connectivity index (χ0) is 21.7. The van der Waals surface area contributed by atoms with Gasteiger partial charge in [-0.1, -0.05) is 51.1 Å². The molecule has 0 aliphatic carbocycles. The van der Waals surface area contributed by atoms with Crippen LogP contribution in [0, 0.1) is 6.92 Å². The fraction of sp³-hybridized carbons (Fsp3) is 0.440. The maximum Gasteiger partial charge on any atom is 0.260 e. The second kappa shape index (κ2) is 9.33. The van der Waals surface area contributed by atoms with E-state index >= 15 is 0 Å². The number of aryl methyl sites for hydroxylation is 1. The van der Waals surface area contributed by atoms with E-state index in [9.17, 15) is 9.59 Å². The lowest BCUT2D eigenvalue weighted by molar-refractivity contribution is -0.134. The summed E-state index contributed by atoms with van der Waals surface area (Å²) in [6.45, 7) is 9.73. The van der Waals surface area contributed by atoms with E-state index in [0.29, 0.717) is 24.4 Å². The predicted molar refractivity (Wildman–Crippen MR) is 119 cm³/mol. The molecule has 1 N–H and O–H groups in total. The van der Waals surface area contributed by atoms with Gasteiger partial charge in [0.2, 0.25) is 0 Å². The van der Waals surface area contributed by atoms with Crippen molar-refractivity contribution < 1.29 is 14.3 Å². The summed E-state index contributed by atoms with van der Waals surface area (Å²) in [5, 5.41) is 3.10. The van der Waals surface area contributed by atoms with Gasteiger partial charge in [-0.15, -0.1) is 0 Å². The van der Waals surface area contributed by atoms with Gasteiger partial charge in [-0.2, -0.15) is 0 Å². The van der Waals surface area contributed by atoms with E-state index in [2.05, 4.69) is 26.1 Å². The molecule has 2 aromatic rings. The van der Waals surface area contributed by atoms with E-state index < -0.39 is 0 Å². The molecule has 3 rings (SSSR count). The Balaban J connectivity index is 1.44. The van der Waals surface area contributed by atoms with Gasteiger partial charge >= 0.3 is 0 Å². The Hall–Kier alpha value is -2.82. The molecule has 0 bridgehead atoms. The van der Waals surface area contributed by atoms with Crippen molar-refractivity contribution in [3.05, 3.63) is 65.2 Å². The highest BCUT2D eigenvalue weighted by Crippen LogP contribution is 2.24. The molecule has 0 unspecified atom stereocenters. The molecule has 1 aliphatic heterocycles. The first kappa shape index (κ1) is 21.9. The van der Waals surface area contributed by atoms with Crippen molar-refractivity contribution in [2.45, 2.75) is 52.0 Å². The van der Waals surface area contributed by atoms with E-state index in [0.717, 1.165) is 18.4 Å². The van der Waals surface area contributed by atoms with Crippen LogP contribution in [0.3, 0.4) is 0 Å². The minimum absolute atomic E-state index is 0.0152. The van der Waals surface area contributed by atoms with Crippen LogP contribution in [0.4, 0.5) is 0 Å². The number of nitrogens with zero attached hydrogens (tertiary/aromatic N) is 1. The number of likely N-dealkylation sites (tertiary alicyclic amines) is 1. The van der Waals surface area contributed by atoms with Crippen LogP contribution >= 0.6 is 0 Å². The minimum Gasteiger partial charge on any atom is -0.484 e. The zero-order valence-electron chi connectivity index (χ0n) is 18.4. The van der Waals surface area contributed by atoms with Gasteiger partial charge in [-0.3, -0.25) is 9.59 Å².